The summed E-state index contributed by atoms with van der Waals surface area (Å²) in [5, 5.41) is 2.93. The van der Waals surface area contributed by atoms with E-state index in [9.17, 15) is 4.79 Å². The number of amides is 1. The van der Waals surface area contributed by atoms with Gasteiger partial charge in [-0.25, -0.2) is 4.98 Å². The zero-order valence-electron chi connectivity index (χ0n) is 9.83. The van der Waals surface area contributed by atoms with E-state index in [4.69, 9.17) is 21.1 Å². The van der Waals surface area contributed by atoms with E-state index in [2.05, 4.69) is 10.3 Å². The Kier molecular flexibility index (Phi) is 5.90. The normalized spacial score (nSPS) is 10.3. The van der Waals surface area contributed by atoms with Gasteiger partial charge in [0.1, 0.15) is 6.61 Å². The van der Waals surface area contributed by atoms with Gasteiger partial charge in [-0.05, 0) is 18.6 Å². The first-order valence-electron chi connectivity index (χ1n) is 5.12. The summed E-state index contributed by atoms with van der Waals surface area (Å²) in [5.74, 6) is -0.265. The molecule has 1 heterocycles. The minimum absolute atomic E-state index is 0.0337. The molecule has 0 radical (unpaired) electrons. The van der Waals surface area contributed by atoms with Crippen LogP contribution in [0.4, 0.5) is 5.69 Å². The molecule has 0 aromatic carbocycles. The lowest BCUT2D eigenvalue weighted by atomic mass is 10.2. The second kappa shape index (κ2) is 7.21. The number of nitrogens with zero attached hydrogens (tertiary/aromatic N) is 1. The van der Waals surface area contributed by atoms with E-state index >= 15 is 0 Å². The maximum Gasteiger partial charge on any atom is 0.250 e. The molecule has 0 aliphatic heterocycles. The molecular formula is C11H15ClN2O3. The van der Waals surface area contributed by atoms with Crippen molar-refractivity contribution in [3.8, 4) is 0 Å². The van der Waals surface area contributed by atoms with Crippen LogP contribution in [-0.4, -0.2) is 37.8 Å². The zero-order chi connectivity index (χ0) is 12.7. The van der Waals surface area contributed by atoms with Gasteiger partial charge < -0.3 is 14.8 Å². The van der Waals surface area contributed by atoms with Crippen molar-refractivity contribution in [3.05, 3.63) is 23.0 Å². The molecule has 6 heteroatoms. The van der Waals surface area contributed by atoms with Gasteiger partial charge in [0.2, 0.25) is 5.91 Å². The Balaban J connectivity index is 2.45. The summed E-state index contributed by atoms with van der Waals surface area (Å²) in [4.78, 5) is 15.4. The van der Waals surface area contributed by atoms with Crippen LogP contribution in [0.3, 0.4) is 0 Å². The maximum atomic E-state index is 11.5. The van der Waals surface area contributed by atoms with Gasteiger partial charge >= 0.3 is 0 Å². The number of pyridine rings is 1. The third-order valence-electron chi connectivity index (χ3n) is 2.04. The van der Waals surface area contributed by atoms with Crippen molar-refractivity contribution >= 4 is 23.2 Å². The molecule has 94 valence electrons. The number of hydrogen-bond donors (Lipinski definition) is 1. The van der Waals surface area contributed by atoms with Crippen LogP contribution < -0.4 is 5.32 Å². The average molecular weight is 259 g/mol. The molecule has 1 aromatic heterocycles. The van der Waals surface area contributed by atoms with E-state index in [0.29, 0.717) is 18.9 Å². The molecule has 1 aromatic rings. The molecule has 0 unspecified atom stereocenters. The molecule has 0 saturated heterocycles. The molecule has 0 aliphatic rings. The fourth-order valence-corrected chi connectivity index (χ4v) is 1.41. The summed E-state index contributed by atoms with van der Waals surface area (Å²) in [6, 6.07) is 1.77. The second-order valence-electron chi connectivity index (χ2n) is 3.39. The minimum Gasteiger partial charge on any atom is -0.382 e. The first-order chi connectivity index (χ1) is 8.15. The predicted octanol–water partition coefficient (Wildman–Crippen LogP) is 1.64. The molecule has 0 bridgehead atoms. The van der Waals surface area contributed by atoms with E-state index in [1.807, 2.05) is 6.92 Å². The number of methoxy groups -OCH3 is 1. The first kappa shape index (κ1) is 13.9. The van der Waals surface area contributed by atoms with Crippen molar-refractivity contribution in [2.45, 2.75) is 6.92 Å². The van der Waals surface area contributed by atoms with Crippen LogP contribution in [0.1, 0.15) is 5.56 Å². The van der Waals surface area contributed by atoms with E-state index in [-0.39, 0.29) is 17.7 Å². The van der Waals surface area contributed by atoms with Crippen molar-refractivity contribution in [3.63, 3.8) is 0 Å². The highest BCUT2D eigenvalue weighted by Crippen LogP contribution is 2.22. The monoisotopic (exact) mass is 258 g/mol. The number of carbonyl (C=O) groups excluding carboxylic acids is 1. The SMILES string of the molecule is COCCOCC(=O)Nc1c(C)ccnc1Cl. The van der Waals surface area contributed by atoms with Crippen molar-refractivity contribution in [2.75, 3.05) is 32.2 Å². The van der Waals surface area contributed by atoms with Gasteiger partial charge in [-0.1, -0.05) is 11.6 Å². The fourth-order valence-electron chi connectivity index (χ4n) is 1.16. The Labute approximate surface area is 105 Å². The van der Waals surface area contributed by atoms with Crippen molar-refractivity contribution < 1.29 is 14.3 Å². The molecule has 1 rings (SSSR count). The minimum atomic E-state index is -0.265. The van der Waals surface area contributed by atoms with Crippen molar-refractivity contribution in [1.82, 2.24) is 4.98 Å². The molecule has 1 amide bonds. The number of aromatic nitrogens is 1. The molecule has 5 nitrogen and oxygen atoms in total. The number of aryl methyl sites for hydroxylation is 1. The third kappa shape index (κ3) is 4.68. The predicted molar refractivity (Wildman–Crippen MR) is 65.3 cm³/mol. The largest absolute Gasteiger partial charge is 0.382 e. The van der Waals surface area contributed by atoms with E-state index < -0.39 is 0 Å². The number of hydrogen-bond acceptors (Lipinski definition) is 4. The Hall–Kier alpha value is -1.17. The highest BCUT2D eigenvalue weighted by atomic mass is 35.5. The summed E-state index contributed by atoms with van der Waals surface area (Å²) in [5.41, 5.74) is 1.38. The van der Waals surface area contributed by atoms with Gasteiger partial charge in [-0.3, -0.25) is 4.79 Å². The lowest BCUT2D eigenvalue weighted by Crippen LogP contribution is -2.20. The summed E-state index contributed by atoms with van der Waals surface area (Å²) in [6.45, 7) is 2.65. The number of carbonyl (C=O) groups is 1. The topological polar surface area (TPSA) is 60.5 Å². The highest BCUT2D eigenvalue weighted by molar-refractivity contribution is 6.32. The summed E-state index contributed by atoms with van der Waals surface area (Å²) in [7, 11) is 1.57. The molecule has 0 saturated carbocycles. The lowest BCUT2D eigenvalue weighted by molar-refractivity contribution is -0.121. The molecule has 0 atom stereocenters. The Bertz CT molecular complexity index is 365. The summed E-state index contributed by atoms with van der Waals surface area (Å²) < 4.78 is 9.88. The van der Waals surface area contributed by atoms with Crippen LogP contribution in [0.2, 0.25) is 5.15 Å². The van der Waals surface area contributed by atoms with Gasteiger partial charge in [0.15, 0.2) is 5.15 Å². The van der Waals surface area contributed by atoms with Crippen LogP contribution in [0, 0.1) is 6.92 Å². The van der Waals surface area contributed by atoms with Crippen LogP contribution in [0.5, 0.6) is 0 Å². The van der Waals surface area contributed by atoms with Gasteiger partial charge in [0, 0.05) is 13.3 Å². The van der Waals surface area contributed by atoms with Gasteiger partial charge in [-0.15, -0.1) is 0 Å². The van der Waals surface area contributed by atoms with Gasteiger partial charge in [0.25, 0.3) is 0 Å². The van der Waals surface area contributed by atoms with Crippen LogP contribution >= 0.6 is 11.6 Å². The summed E-state index contributed by atoms with van der Waals surface area (Å²) >= 11 is 5.87. The average Bonchev–Trinajstić information content (AvgIpc) is 2.30. The van der Waals surface area contributed by atoms with Gasteiger partial charge in [-0.2, -0.15) is 0 Å². The number of rotatable bonds is 6. The Morgan fingerprint density at radius 2 is 2.29 bits per heavy atom. The number of ether oxygens (including phenoxy) is 2. The highest BCUT2D eigenvalue weighted by Gasteiger charge is 2.09. The summed E-state index contributed by atoms with van der Waals surface area (Å²) in [6.07, 6.45) is 1.59. The number of nitrogens with one attached hydrogen (secondary N) is 1. The molecular weight excluding hydrogens is 244 g/mol. The number of anilines is 1. The smallest absolute Gasteiger partial charge is 0.250 e. The molecule has 0 spiro atoms. The quantitative estimate of drug-likeness (QED) is 0.623. The number of halogens is 1. The molecule has 1 N–H and O–H groups in total. The molecule has 17 heavy (non-hydrogen) atoms. The van der Waals surface area contributed by atoms with E-state index in [1.54, 1.807) is 19.4 Å². The Morgan fingerprint density at radius 3 is 2.94 bits per heavy atom. The first-order valence-corrected chi connectivity index (χ1v) is 5.50. The Morgan fingerprint density at radius 1 is 1.53 bits per heavy atom. The maximum absolute atomic E-state index is 11.5. The van der Waals surface area contributed by atoms with Crippen LogP contribution in [0.15, 0.2) is 12.3 Å². The second-order valence-corrected chi connectivity index (χ2v) is 3.75. The zero-order valence-corrected chi connectivity index (χ0v) is 10.6. The van der Waals surface area contributed by atoms with Gasteiger partial charge in [0.05, 0.1) is 18.9 Å². The van der Waals surface area contributed by atoms with Crippen LogP contribution in [0.25, 0.3) is 0 Å². The lowest BCUT2D eigenvalue weighted by Gasteiger charge is -2.09. The van der Waals surface area contributed by atoms with Crippen molar-refractivity contribution in [1.29, 1.82) is 0 Å². The van der Waals surface area contributed by atoms with Crippen LogP contribution in [-0.2, 0) is 14.3 Å². The fraction of sp³-hybridized carbons (Fsp3) is 0.455. The third-order valence-corrected chi connectivity index (χ3v) is 2.33. The van der Waals surface area contributed by atoms with Crippen molar-refractivity contribution in [2.24, 2.45) is 0 Å². The van der Waals surface area contributed by atoms with E-state index in [0.717, 1.165) is 5.56 Å². The standard InChI is InChI=1S/C11H15ClN2O3/c1-8-3-4-13-11(12)10(8)14-9(15)7-17-6-5-16-2/h3-4H,5-7H2,1-2H3,(H,14,15). The van der Waals surface area contributed by atoms with E-state index in [1.165, 1.54) is 0 Å². The molecule has 0 aliphatic carbocycles. The molecule has 0 fully saturated rings.